The summed E-state index contributed by atoms with van der Waals surface area (Å²) >= 11 is 1.20. The topological polar surface area (TPSA) is 107 Å². The van der Waals surface area contributed by atoms with Crippen LogP contribution in [0.15, 0.2) is 70.7 Å². The minimum atomic E-state index is -0.919. The molecule has 1 aromatic heterocycles. The Labute approximate surface area is 164 Å². The Morgan fingerprint density at radius 1 is 1.14 bits per heavy atom. The molecule has 0 fully saturated rings. The molecule has 138 valence electrons. The van der Waals surface area contributed by atoms with Gasteiger partial charge >= 0.3 is 6.09 Å². The van der Waals surface area contributed by atoms with Gasteiger partial charge < -0.3 is 15.8 Å². The van der Waals surface area contributed by atoms with E-state index in [1.54, 1.807) is 36.5 Å². The fourth-order valence-corrected chi connectivity index (χ4v) is 3.51. The van der Waals surface area contributed by atoms with Crippen LogP contribution in [0.1, 0.15) is 5.56 Å². The lowest BCUT2D eigenvalue weighted by Gasteiger charge is -2.09. The molecule has 0 aliphatic carbocycles. The number of fused-ring (bicyclic) bond motifs is 1. The molecule has 2 amide bonds. The van der Waals surface area contributed by atoms with Gasteiger partial charge in [0.25, 0.3) is 5.91 Å². The van der Waals surface area contributed by atoms with Crippen molar-refractivity contribution in [1.29, 1.82) is 0 Å². The number of carbonyl (C=O) groups is 2. The number of primary amides is 1. The Kier molecular flexibility index (Phi) is 4.77. The smallest absolute Gasteiger partial charge is 0.408 e. The van der Waals surface area contributed by atoms with E-state index in [9.17, 15) is 9.59 Å². The van der Waals surface area contributed by atoms with E-state index in [1.807, 2.05) is 30.3 Å². The number of benzene rings is 2. The summed E-state index contributed by atoms with van der Waals surface area (Å²) < 4.78 is 4.95. The number of thioether (sulfide) groups is 1. The van der Waals surface area contributed by atoms with Crippen LogP contribution in [0.25, 0.3) is 17.0 Å². The maximum Gasteiger partial charge on any atom is 0.410 e. The maximum atomic E-state index is 12.3. The summed E-state index contributed by atoms with van der Waals surface area (Å²) in [5, 5.41) is 4.38. The van der Waals surface area contributed by atoms with Crippen molar-refractivity contribution in [1.82, 2.24) is 4.98 Å². The molecule has 0 saturated carbocycles. The minimum absolute atomic E-state index is 0.255. The summed E-state index contributed by atoms with van der Waals surface area (Å²) in [6.45, 7) is 0. The number of aromatic nitrogens is 1. The third-order valence-electron chi connectivity index (χ3n) is 3.88. The fourth-order valence-electron chi connectivity index (χ4n) is 2.68. The number of pyridine rings is 1. The molecule has 0 radical (unpaired) electrons. The van der Waals surface area contributed by atoms with E-state index in [0.29, 0.717) is 15.8 Å². The van der Waals surface area contributed by atoms with Crippen molar-refractivity contribution >= 4 is 51.6 Å². The molecule has 3 aromatic rings. The third-order valence-corrected chi connectivity index (χ3v) is 4.78. The van der Waals surface area contributed by atoms with E-state index < -0.39 is 6.09 Å². The molecule has 0 spiro atoms. The number of hydrogen-bond acceptors (Lipinski definition) is 6. The number of nitrogens with zero attached hydrogens (tertiary/aromatic N) is 2. The zero-order valence-corrected chi connectivity index (χ0v) is 15.3. The molecule has 0 unspecified atom stereocenters. The van der Waals surface area contributed by atoms with Gasteiger partial charge in [-0.25, -0.2) is 4.79 Å². The largest absolute Gasteiger partial charge is 0.410 e. The fraction of sp³-hybridized carbons (Fsp3) is 0. The lowest BCUT2D eigenvalue weighted by Crippen LogP contribution is -2.17. The number of rotatable bonds is 3. The standard InChI is InChI=1S/C20H14N4O3S/c21-19(26)27-16-6-2-1-5-15(16)23-20-24-18(25)17(28-20)11-12-7-8-14-13(10-12)4-3-9-22-14/h1-11H,(H2,21,26)(H,23,24,25). The number of para-hydroxylation sites is 2. The van der Waals surface area contributed by atoms with E-state index in [1.165, 1.54) is 11.8 Å². The Morgan fingerprint density at radius 2 is 2.00 bits per heavy atom. The van der Waals surface area contributed by atoms with Crippen LogP contribution in [0, 0.1) is 0 Å². The number of aliphatic imine (C=N–C) groups is 1. The Balaban J connectivity index is 1.54. The van der Waals surface area contributed by atoms with Crippen molar-refractivity contribution in [3.8, 4) is 5.75 Å². The molecule has 0 bridgehead atoms. The summed E-state index contributed by atoms with van der Waals surface area (Å²) in [5.41, 5.74) is 7.33. The van der Waals surface area contributed by atoms with Crippen molar-refractivity contribution < 1.29 is 14.3 Å². The van der Waals surface area contributed by atoms with E-state index in [4.69, 9.17) is 10.5 Å². The summed E-state index contributed by atoms with van der Waals surface area (Å²) in [6, 6.07) is 16.4. The van der Waals surface area contributed by atoms with Crippen LogP contribution < -0.4 is 15.8 Å². The van der Waals surface area contributed by atoms with Crippen LogP contribution in [-0.4, -0.2) is 22.2 Å². The average Bonchev–Trinajstić information content (AvgIpc) is 3.02. The highest BCUT2D eigenvalue weighted by Crippen LogP contribution is 2.32. The normalized spacial score (nSPS) is 14.9. The monoisotopic (exact) mass is 390 g/mol. The number of amidine groups is 1. The van der Waals surface area contributed by atoms with E-state index in [-0.39, 0.29) is 11.7 Å². The second kappa shape index (κ2) is 7.53. The number of nitrogens with two attached hydrogens (primary N) is 1. The predicted octanol–water partition coefficient (Wildman–Crippen LogP) is 3.77. The molecule has 0 saturated heterocycles. The second-order valence-corrected chi connectivity index (χ2v) is 6.86. The highest BCUT2D eigenvalue weighted by Gasteiger charge is 2.23. The van der Waals surface area contributed by atoms with Crippen LogP contribution in [0.3, 0.4) is 0 Å². The summed E-state index contributed by atoms with van der Waals surface area (Å²) in [7, 11) is 0. The zero-order chi connectivity index (χ0) is 19.5. The van der Waals surface area contributed by atoms with Crippen molar-refractivity contribution in [2.75, 3.05) is 5.32 Å². The zero-order valence-electron chi connectivity index (χ0n) is 14.5. The molecule has 0 atom stereocenters. The molecule has 1 aliphatic rings. The van der Waals surface area contributed by atoms with Crippen molar-refractivity contribution in [2.24, 2.45) is 10.7 Å². The van der Waals surface area contributed by atoms with Crippen molar-refractivity contribution in [2.45, 2.75) is 0 Å². The Bertz CT molecular complexity index is 1160. The van der Waals surface area contributed by atoms with Crippen LogP contribution in [0.5, 0.6) is 5.75 Å². The van der Waals surface area contributed by atoms with Crippen LogP contribution in [0.2, 0.25) is 0 Å². The van der Waals surface area contributed by atoms with Gasteiger partial charge in [0.2, 0.25) is 0 Å². The number of nitrogens with one attached hydrogen (secondary N) is 1. The summed E-state index contributed by atoms with van der Waals surface area (Å²) in [4.78, 5) is 32.1. The summed E-state index contributed by atoms with van der Waals surface area (Å²) in [5.74, 6) is -0.0858. The van der Waals surface area contributed by atoms with Gasteiger partial charge in [0.05, 0.1) is 16.1 Å². The van der Waals surface area contributed by atoms with Gasteiger partial charge in [-0.2, -0.15) is 4.99 Å². The molecular formula is C20H14N4O3S. The first-order valence-corrected chi connectivity index (χ1v) is 9.11. The Hall–Kier alpha value is -3.65. The van der Waals surface area contributed by atoms with Gasteiger partial charge in [0.15, 0.2) is 10.9 Å². The van der Waals surface area contributed by atoms with Gasteiger partial charge in [0.1, 0.15) is 0 Å². The molecule has 1 aliphatic heterocycles. The number of anilines is 1. The lowest BCUT2D eigenvalue weighted by atomic mass is 10.1. The van der Waals surface area contributed by atoms with Crippen LogP contribution >= 0.6 is 11.8 Å². The van der Waals surface area contributed by atoms with Gasteiger partial charge in [-0.1, -0.05) is 24.3 Å². The molecular weight excluding hydrogens is 376 g/mol. The maximum absolute atomic E-state index is 12.3. The van der Waals surface area contributed by atoms with Gasteiger partial charge in [-0.05, 0) is 53.7 Å². The third kappa shape index (κ3) is 3.86. The molecule has 2 aromatic carbocycles. The quantitative estimate of drug-likeness (QED) is 0.659. The van der Waals surface area contributed by atoms with Crippen molar-refractivity contribution in [3.63, 3.8) is 0 Å². The molecule has 7 nitrogen and oxygen atoms in total. The number of carbonyl (C=O) groups excluding carboxylic acids is 2. The minimum Gasteiger partial charge on any atom is -0.408 e. The highest BCUT2D eigenvalue weighted by molar-refractivity contribution is 8.18. The van der Waals surface area contributed by atoms with Gasteiger partial charge in [-0.15, -0.1) is 0 Å². The summed E-state index contributed by atoms with van der Waals surface area (Å²) in [6.07, 6.45) is 2.60. The SMILES string of the molecule is NC(=O)Oc1ccccc1NC1=NC(=O)C(=Cc2ccc3ncccc3c2)S1. The molecule has 28 heavy (non-hydrogen) atoms. The predicted molar refractivity (Wildman–Crippen MR) is 110 cm³/mol. The number of hydrogen-bond donors (Lipinski definition) is 2. The van der Waals surface area contributed by atoms with Crippen molar-refractivity contribution in [3.05, 3.63) is 71.3 Å². The highest BCUT2D eigenvalue weighted by atomic mass is 32.2. The van der Waals surface area contributed by atoms with Gasteiger partial charge in [-0.3, -0.25) is 9.78 Å². The van der Waals surface area contributed by atoms with Crippen LogP contribution in [-0.2, 0) is 4.79 Å². The first-order chi connectivity index (χ1) is 13.6. The second-order valence-electron chi connectivity index (χ2n) is 5.83. The molecule has 3 N–H and O–H groups in total. The molecule has 8 heteroatoms. The lowest BCUT2D eigenvalue weighted by molar-refractivity contribution is -0.113. The number of ether oxygens (including phenoxy) is 1. The average molecular weight is 390 g/mol. The Morgan fingerprint density at radius 3 is 2.86 bits per heavy atom. The van der Waals surface area contributed by atoms with E-state index in [0.717, 1.165) is 16.5 Å². The molecule has 4 rings (SSSR count). The first kappa shape index (κ1) is 17.7. The van der Waals surface area contributed by atoms with Crippen LogP contribution in [0.4, 0.5) is 10.5 Å². The first-order valence-electron chi connectivity index (χ1n) is 8.29. The number of amides is 2. The molecule has 2 heterocycles. The van der Waals surface area contributed by atoms with E-state index in [2.05, 4.69) is 15.3 Å². The van der Waals surface area contributed by atoms with Gasteiger partial charge in [0, 0.05) is 11.6 Å². The van der Waals surface area contributed by atoms with E-state index >= 15 is 0 Å².